The quantitative estimate of drug-likeness (QED) is 0.642. The lowest BCUT2D eigenvalue weighted by Gasteiger charge is -2.27. The molecule has 1 aliphatic heterocycles. The molecule has 1 nitrogen and oxygen atoms in total. The van der Waals surface area contributed by atoms with E-state index >= 15 is 0 Å². The standard InChI is InChI=1S/C13H27N/c1-3-4-5-6-7-8-13-9-12(2)10-14-11-13/h12-14H,3-11H2,1-2H3. The van der Waals surface area contributed by atoms with E-state index in [1.807, 2.05) is 0 Å². The lowest BCUT2D eigenvalue weighted by molar-refractivity contribution is 0.282. The smallest absolute Gasteiger partial charge is 0.00203 e. The van der Waals surface area contributed by atoms with Crippen molar-refractivity contribution in [1.29, 1.82) is 0 Å². The Hall–Kier alpha value is -0.0400. The van der Waals surface area contributed by atoms with Crippen molar-refractivity contribution in [1.82, 2.24) is 5.32 Å². The predicted molar refractivity (Wildman–Crippen MR) is 63.5 cm³/mol. The molecule has 2 unspecified atom stereocenters. The van der Waals surface area contributed by atoms with Crippen molar-refractivity contribution in [3.05, 3.63) is 0 Å². The van der Waals surface area contributed by atoms with Crippen molar-refractivity contribution in [3.63, 3.8) is 0 Å². The highest BCUT2D eigenvalue weighted by Gasteiger charge is 2.17. The second-order valence-corrected chi connectivity index (χ2v) is 5.07. The van der Waals surface area contributed by atoms with E-state index in [0.717, 1.165) is 11.8 Å². The summed E-state index contributed by atoms with van der Waals surface area (Å²) in [6.07, 6.45) is 10.1. The summed E-state index contributed by atoms with van der Waals surface area (Å²) in [7, 11) is 0. The minimum Gasteiger partial charge on any atom is -0.316 e. The fourth-order valence-corrected chi connectivity index (χ4v) is 2.53. The van der Waals surface area contributed by atoms with Gasteiger partial charge in [-0.05, 0) is 37.8 Å². The maximum absolute atomic E-state index is 3.54. The summed E-state index contributed by atoms with van der Waals surface area (Å²) >= 11 is 0. The van der Waals surface area contributed by atoms with Crippen LogP contribution in [0, 0.1) is 11.8 Å². The first kappa shape index (κ1) is 12.0. The zero-order valence-corrected chi connectivity index (χ0v) is 10.0. The van der Waals surface area contributed by atoms with Crippen molar-refractivity contribution >= 4 is 0 Å². The Morgan fingerprint density at radius 3 is 2.57 bits per heavy atom. The summed E-state index contributed by atoms with van der Waals surface area (Å²) in [5.41, 5.74) is 0. The van der Waals surface area contributed by atoms with Gasteiger partial charge >= 0.3 is 0 Å². The fraction of sp³-hybridized carbons (Fsp3) is 1.00. The normalized spacial score (nSPS) is 27.9. The molecule has 14 heavy (non-hydrogen) atoms. The van der Waals surface area contributed by atoms with Gasteiger partial charge in [-0.3, -0.25) is 0 Å². The van der Waals surface area contributed by atoms with Crippen molar-refractivity contribution < 1.29 is 0 Å². The molecule has 1 heterocycles. The lowest BCUT2D eigenvalue weighted by atomic mass is 9.88. The zero-order valence-electron chi connectivity index (χ0n) is 10.0. The molecule has 1 N–H and O–H groups in total. The number of rotatable bonds is 6. The van der Waals surface area contributed by atoms with Crippen LogP contribution in [-0.2, 0) is 0 Å². The lowest BCUT2D eigenvalue weighted by Crippen LogP contribution is -2.34. The molecule has 1 aliphatic rings. The summed E-state index contributed by atoms with van der Waals surface area (Å²) in [6, 6.07) is 0. The predicted octanol–water partition coefficient (Wildman–Crippen LogP) is 3.59. The van der Waals surface area contributed by atoms with Crippen molar-refractivity contribution in [2.45, 2.75) is 58.8 Å². The van der Waals surface area contributed by atoms with E-state index in [1.165, 1.54) is 58.0 Å². The van der Waals surface area contributed by atoms with Crippen LogP contribution in [0.5, 0.6) is 0 Å². The summed E-state index contributed by atoms with van der Waals surface area (Å²) in [4.78, 5) is 0. The molecule has 1 rings (SSSR count). The van der Waals surface area contributed by atoms with Gasteiger partial charge < -0.3 is 5.32 Å². The molecule has 0 amide bonds. The summed E-state index contributed by atoms with van der Waals surface area (Å²) < 4.78 is 0. The molecule has 0 aliphatic carbocycles. The first-order valence-corrected chi connectivity index (χ1v) is 6.53. The third kappa shape index (κ3) is 4.99. The van der Waals surface area contributed by atoms with Gasteiger partial charge in [-0.15, -0.1) is 0 Å². The number of nitrogens with one attached hydrogen (secondary N) is 1. The molecule has 0 saturated carbocycles. The second-order valence-electron chi connectivity index (χ2n) is 5.07. The maximum Gasteiger partial charge on any atom is -0.00203 e. The Bertz CT molecular complexity index is 133. The van der Waals surface area contributed by atoms with Gasteiger partial charge in [0, 0.05) is 0 Å². The van der Waals surface area contributed by atoms with Gasteiger partial charge in [0.1, 0.15) is 0 Å². The Labute approximate surface area is 89.7 Å². The van der Waals surface area contributed by atoms with Crippen molar-refractivity contribution in [2.75, 3.05) is 13.1 Å². The molecule has 1 fully saturated rings. The van der Waals surface area contributed by atoms with Gasteiger partial charge in [0.25, 0.3) is 0 Å². The first-order valence-electron chi connectivity index (χ1n) is 6.53. The van der Waals surface area contributed by atoms with Crippen LogP contribution in [0.2, 0.25) is 0 Å². The molecule has 0 radical (unpaired) electrons. The highest BCUT2D eigenvalue weighted by molar-refractivity contribution is 4.73. The van der Waals surface area contributed by atoms with Crippen LogP contribution in [-0.4, -0.2) is 13.1 Å². The van der Waals surface area contributed by atoms with Crippen molar-refractivity contribution in [2.24, 2.45) is 11.8 Å². The summed E-state index contributed by atoms with van der Waals surface area (Å²) in [5.74, 6) is 1.88. The van der Waals surface area contributed by atoms with E-state index in [1.54, 1.807) is 0 Å². The third-order valence-electron chi connectivity index (χ3n) is 3.38. The number of unbranched alkanes of at least 4 members (excludes halogenated alkanes) is 4. The molecule has 0 aromatic rings. The molecule has 2 atom stereocenters. The Kier molecular flexibility index (Phi) is 6.25. The van der Waals surface area contributed by atoms with Gasteiger partial charge in [-0.25, -0.2) is 0 Å². The fourth-order valence-electron chi connectivity index (χ4n) is 2.53. The van der Waals surface area contributed by atoms with Crippen molar-refractivity contribution in [3.8, 4) is 0 Å². The second kappa shape index (κ2) is 7.28. The SMILES string of the molecule is CCCCCCCC1CNCC(C)C1. The van der Waals surface area contributed by atoms with Gasteiger partial charge in [0.15, 0.2) is 0 Å². The highest BCUT2D eigenvalue weighted by atomic mass is 14.9. The van der Waals surface area contributed by atoms with Gasteiger partial charge in [0.2, 0.25) is 0 Å². The average molecular weight is 197 g/mol. The topological polar surface area (TPSA) is 12.0 Å². The monoisotopic (exact) mass is 197 g/mol. The number of hydrogen-bond donors (Lipinski definition) is 1. The molecular formula is C13H27N. The minimum absolute atomic E-state index is 0.907. The Balaban J connectivity index is 1.95. The molecule has 0 spiro atoms. The van der Waals surface area contributed by atoms with Crippen LogP contribution >= 0.6 is 0 Å². The Morgan fingerprint density at radius 2 is 1.86 bits per heavy atom. The highest BCUT2D eigenvalue weighted by Crippen LogP contribution is 2.21. The molecule has 1 heteroatoms. The van der Waals surface area contributed by atoms with E-state index < -0.39 is 0 Å². The van der Waals surface area contributed by atoms with Crippen LogP contribution in [0.4, 0.5) is 0 Å². The van der Waals surface area contributed by atoms with Crippen LogP contribution in [0.15, 0.2) is 0 Å². The largest absolute Gasteiger partial charge is 0.316 e. The number of piperidine rings is 1. The third-order valence-corrected chi connectivity index (χ3v) is 3.38. The van der Waals surface area contributed by atoms with E-state index in [4.69, 9.17) is 0 Å². The van der Waals surface area contributed by atoms with Crippen LogP contribution in [0.1, 0.15) is 58.8 Å². The molecule has 1 saturated heterocycles. The maximum atomic E-state index is 3.54. The zero-order chi connectivity index (χ0) is 10.2. The molecule has 0 aromatic heterocycles. The first-order chi connectivity index (χ1) is 6.83. The van der Waals surface area contributed by atoms with E-state index in [0.29, 0.717) is 0 Å². The van der Waals surface area contributed by atoms with E-state index in [9.17, 15) is 0 Å². The molecule has 0 aromatic carbocycles. The minimum atomic E-state index is 0.907. The van der Waals surface area contributed by atoms with Gasteiger partial charge in [-0.1, -0.05) is 46.0 Å². The molecule has 84 valence electrons. The van der Waals surface area contributed by atoms with E-state index in [-0.39, 0.29) is 0 Å². The van der Waals surface area contributed by atoms with E-state index in [2.05, 4.69) is 19.2 Å². The Morgan fingerprint density at radius 1 is 1.07 bits per heavy atom. The molecule has 0 bridgehead atoms. The number of hydrogen-bond acceptors (Lipinski definition) is 1. The summed E-state index contributed by atoms with van der Waals surface area (Å²) in [5, 5.41) is 3.54. The van der Waals surface area contributed by atoms with Crippen LogP contribution in [0.25, 0.3) is 0 Å². The summed E-state index contributed by atoms with van der Waals surface area (Å²) in [6.45, 7) is 7.17. The van der Waals surface area contributed by atoms with Gasteiger partial charge in [-0.2, -0.15) is 0 Å². The van der Waals surface area contributed by atoms with Gasteiger partial charge in [0.05, 0.1) is 0 Å². The van der Waals surface area contributed by atoms with Crippen LogP contribution < -0.4 is 5.32 Å². The average Bonchev–Trinajstić information content (AvgIpc) is 2.18. The molecular weight excluding hydrogens is 170 g/mol. The van der Waals surface area contributed by atoms with Crippen LogP contribution in [0.3, 0.4) is 0 Å².